The number of hydrogen-bond acceptors (Lipinski definition) is 5. The Morgan fingerprint density at radius 2 is 2.00 bits per heavy atom. The third-order valence-electron chi connectivity index (χ3n) is 5.78. The van der Waals surface area contributed by atoms with Gasteiger partial charge in [-0.2, -0.15) is 0 Å². The first kappa shape index (κ1) is 18.9. The van der Waals surface area contributed by atoms with Crippen molar-refractivity contribution in [1.82, 2.24) is 4.90 Å². The Morgan fingerprint density at radius 1 is 1.13 bits per heavy atom. The summed E-state index contributed by atoms with van der Waals surface area (Å²) in [5.41, 5.74) is 1.48. The van der Waals surface area contributed by atoms with E-state index in [-0.39, 0.29) is 23.2 Å². The molecule has 6 heteroatoms. The first-order chi connectivity index (χ1) is 14.7. The fourth-order valence-electron chi connectivity index (χ4n) is 4.45. The Balaban J connectivity index is 1.68. The zero-order valence-electron chi connectivity index (χ0n) is 16.8. The molecule has 0 aliphatic carbocycles. The van der Waals surface area contributed by atoms with Crippen molar-refractivity contribution in [1.29, 1.82) is 0 Å². The minimum absolute atomic E-state index is 0.0367. The predicted octanol–water partition coefficient (Wildman–Crippen LogP) is 3.92. The van der Waals surface area contributed by atoms with E-state index in [2.05, 4.69) is 0 Å². The van der Waals surface area contributed by atoms with Gasteiger partial charge in [0.1, 0.15) is 11.3 Å². The molecule has 0 spiro atoms. The van der Waals surface area contributed by atoms with Crippen molar-refractivity contribution in [2.45, 2.75) is 31.9 Å². The number of nitrogens with zero attached hydrogens (tertiary/aromatic N) is 1. The third kappa shape index (κ3) is 3.08. The van der Waals surface area contributed by atoms with Crippen LogP contribution in [0.2, 0.25) is 0 Å². The van der Waals surface area contributed by atoms with Crippen molar-refractivity contribution in [2.24, 2.45) is 0 Å². The molecule has 1 fully saturated rings. The van der Waals surface area contributed by atoms with Crippen molar-refractivity contribution in [2.75, 3.05) is 19.8 Å². The molecule has 1 aromatic heterocycles. The van der Waals surface area contributed by atoms with Crippen LogP contribution in [0.5, 0.6) is 5.75 Å². The van der Waals surface area contributed by atoms with Crippen LogP contribution in [-0.2, 0) is 4.74 Å². The molecule has 154 valence electrons. The van der Waals surface area contributed by atoms with Gasteiger partial charge in [0, 0.05) is 13.2 Å². The predicted molar refractivity (Wildman–Crippen MR) is 112 cm³/mol. The fraction of sp³-hybridized carbons (Fsp3) is 0.333. The zero-order chi connectivity index (χ0) is 20.7. The van der Waals surface area contributed by atoms with Gasteiger partial charge in [-0.3, -0.25) is 9.59 Å². The van der Waals surface area contributed by atoms with E-state index in [9.17, 15) is 9.59 Å². The maximum absolute atomic E-state index is 13.4. The molecule has 5 rings (SSSR count). The summed E-state index contributed by atoms with van der Waals surface area (Å²) >= 11 is 0. The molecular formula is C24H23NO5. The quantitative estimate of drug-likeness (QED) is 0.644. The summed E-state index contributed by atoms with van der Waals surface area (Å²) in [6.45, 7) is 3.58. The number of hydrogen-bond donors (Lipinski definition) is 0. The lowest BCUT2D eigenvalue weighted by molar-refractivity contribution is 0.0486. The molecule has 0 bridgehead atoms. The van der Waals surface area contributed by atoms with E-state index in [4.69, 9.17) is 13.9 Å². The van der Waals surface area contributed by atoms with Crippen molar-refractivity contribution >= 4 is 16.9 Å². The van der Waals surface area contributed by atoms with Crippen LogP contribution in [0.25, 0.3) is 11.0 Å². The standard InChI is InChI=1S/C24H23NO5/c1-2-28-16-8-5-7-15(13-16)21-20-22(26)18-10-3-4-11-19(18)30-23(20)24(27)25(21)14-17-9-6-12-29-17/h3-5,7-8,10-11,13,17,21H,2,6,9,12,14H2,1H3/t17-,21+/m1/s1. The molecule has 2 aromatic carbocycles. The van der Waals surface area contributed by atoms with E-state index < -0.39 is 6.04 Å². The van der Waals surface area contributed by atoms with Crippen LogP contribution in [-0.4, -0.2) is 36.7 Å². The molecule has 3 aromatic rings. The number of fused-ring (bicyclic) bond motifs is 2. The Morgan fingerprint density at radius 3 is 2.80 bits per heavy atom. The highest BCUT2D eigenvalue weighted by Gasteiger charge is 2.44. The Kier molecular flexibility index (Phi) is 4.79. The first-order valence-electron chi connectivity index (χ1n) is 10.4. The highest BCUT2D eigenvalue weighted by atomic mass is 16.5. The van der Waals surface area contributed by atoms with Crippen molar-refractivity contribution in [3.05, 3.63) is 75.6 Å². The van der Waals surface area contributed by atoms with Gasteiger partial charge in [-0.05, 0) is 49.6 Å². The molecule has 6 nitrogen and oxygen atoms in total. The van der Waals surface area contributed by atoms with Crippen molar-refractivity contribution in [3.8, 4) is 5.75 Å². The average Bonchev–Trinajstić information content (AvgIpc) is 3.37. The third-order valence-corrected chi connectivity index (χ3v) is 5.78. The van der Waals surface area contributed by atoms with Crippen LogP contribution < -0.4 is 10.2 Å². The Labute approximate surface area is 174 Å². The number of benzene rings is 2. The molecular weight excluding hydrogens is 382 g/mol. The summed E-state index contributed by atoms with van der Waals surface area (Å²) in [7, 11) is 0. The minimum Gasteiger partial charge on any atom is -0.494 e. The number of amides is 1. The summed E-state index contributed by atoms with van der Waals surface area (Å²) in [5.74, 6) is 0.566. The van der Waals surface area contributed by atoms with Gasteiger partial charge in [0.15, 0.2) is 5.43 Å². The topological polar surface area (TPSA) is 69.0 Å². The molecule has 1 saturated heterocycles. The van der Waals surface area contributed by atoms with E-state index in [0.29, 0.717) is 42.0 Å². The second kappa shape index (κ2) is 7.61. The molecule has 0 unspecified atom stereocenters. The number of carbonyl (C=O) groups excluding carboxylic acids is 1. The average molecular weight is 405 g/mol. The molecule has 0 N–H and O–H groups in total. The van der Waals surface area contributed by atoms with Gasteiger partial charge in [-0.1, -0.05) is 24.3 Å². The van der Waals surface area contributed by atoms with E-state index >= 15 is 0 Å². The normalized spacial score (nSPS) is 20.7. The number of para-hydroxylation sites is 1. The first-order valence-corrected chi connectivity index (χ1v) is 10.4. The lowest BCUT2D eigenvalue weighted by Gasteiger charge is -2.27. The molecule has 3 heterocycles. The van der Waals surface area contributed by atoms with Gasteiger partial charge in [0.2, 0.25) is 5.76 Å². The van der Waals surface area contributed by atoms with Crippen LogP contribution in [0.4, 0.5) is 0 Å². The second-order valence-corrected chi connectivity index (χ2v) is 7.67. The Hall–Kier alpha value is -3.12. The van der Waals surface area contributed by atoms with Gasteiger partial charge < -0.3 is 18.8 Å². The van der Waals surface area contributed by atoms with Gasteiger partial charge in [0.05, 0.1) is 29.7 Å². The molecule has 1 amide bonds. The monoisotopic (exact) mass is 405 g/mol. The van der Waals surface area contributed by atoms with Gasteiger partial charge in [-0.25, -0.2) is 0 Å². The summed E-state index contributed by atoms with van der Waals surface area (Å²) in [4.78, 5) is 28.5. The second-order valence-electron chi connectivity index (χ2n) is 7.67. The summed E-state index contributed by atoms with van der Waals surface area (Å²) in [6.07, 6.45) is 1.84. The Bertz CT molecular complexity index is 1160. The number of rotatable bonds is 5. The zero-order valence-corrected chi connectivity index (χ0v) is 16.8. The maximum atomic E-state index is 13.4. The van der Waals surface area contributed by atoms with Gasteiger partial charge >= 0.3 is 0 Å². The lowest BCUT2D eigenvalue weighted by Crippen LogP contribution is -2.36. The number of ether oxygens (including phenoxy) is 2. The highest BCUT2D eigenvalue weighted by molar-refractivity contribution is 5.99. The molecule has 0 radical (unpaired) electrons. The van der Waals surface area contributed by atoms with Crippen LogP contribution in [0, 0.1) is 0 Å². The summed E-state index contributed by atoms with van der Waals surface area (Å²) < 4.78 is 17.4. The van der Waals surface area contributed by atoms with Gasteiger partial charge in [0.25, 0.3) is 5.91 Å². The van der Waals surface area contributed by atoms with E-state index in [1.165, 1.54) is 0 Å². The van der Waals surface area contributed by atoms with Crippen LogP contribution in [0.3, 0.4) is 0 Å². The largest absolute Gasteiger partial charge is 0.494 e. The van der Waals surface area contributed by atoms with E-state index in [1.807, 2.05) is 31.2 Å². The summed E-state index contributed by atoms with van der Waals surface area (Å²) in [6, 6.07) is 14.1. The van der Waals surface area contributed by atoms with Gasteiger partial charge in [-0.15, -0.1) is 0 Å². The van der Waals surface area contributed by atoms with Crippen LogP contribution in [0.15, 0.2) is 57.7 Å². The number of carbonyl (C=O) groups is 1. The minimum atomic E-state index is -0.530. The van der Waals surface area contributed by atoms with E-state index in [0.717, 1.165) is 18.4 Å². The lowest BCUT2D eigenvalue weighted by atomic mass is 9.98. The molecule has 0 saturated carbocycles. The summed E-state index contributed by atoms with van der Waals surface area (Å²) in [5, 5.41) is 0.481. The van der Waals surface area contributed by atoms with Crippen molar-refractivity contribution in [3.63, 3.8) is 0 Å². The maximum Gasteiger partial charge on any atom is 0.291 e. The fourth-order valence-corrected chi connectivity index (χ4v) is 4.45. The smallest absolute Gasteiger partial charge is 0.291 e. The van der Waals surface area contributed by atoms with E-state index in [1.54, 1.807) is 29.2 Å². The SMILES string of the molecule is CCOc1cccc([C@H]2c3c(oc4ccccc4c3=O)C(=O)N2C[C@H]2CCCO2)c1. The van der Waals surface area contributed by atoms with Crippen LogP contribution >= 0.6 is 0 Å². The molecule has 2 aliphatic heterocycles. The molecule has 2 aliphatic rings. The van der Waals surface area contributed by atoms with Crippen molar-refractivity contribution < 1.29 is 18.7 Å². The molecule has 30 heavy (non-hydrogen) atoms. The molecule has 2 atom stereocenters. The highest BCUT2D eigenvalue weighted by Crippen LogP contribution is 2.39. The van der Waals surface area contributed by atoms with Crippen LogP contribution in [0.1, 0.15) is 47.5 Å².